The van der Waals surface area contributed by atoms with E-state index >= 15 is 0 Å². The van der Waals surface area contributed by atoms with Gasteiger partial charge >= 0.3 is 0 Å². The molecule has 0 saturated heterocycles. The summed E-state index contributed by atoms with van der Waals surface area (Å²) in [6, 6.07) is 10.2. The molecule has 1 N–H and O–H groups in total. The molecule has 1 fully saturated rings. The van der Waals surface area contributed by atoms with Gasteiger partial charge in [-0.25, -0.2) is 8.42 Å². The lowest BCUT2D eigenvalue weighted by atomic mass is 9.65. The standard InChI is InChI=1S/C18H15BrClFN2O3S2/c1-28(24,25)14-6-11(18(10-22)3-2-4-18)5-13(9-14)23-27-16-8-12(19)7-15(20)17(16)26-21/h5-9,23H,2-4H2,1H3. The van der Waals surface area contributed by atoms with E-state index in [1.165, 1.54) is 12.1 Å². The second-order valence-corrected chi connectivity index (χ2v) is 10.7. The second kappa shape index (κ2) is 8.11. The van der Waals surface area contributed by atoms with E-state index in [1.54, 1.807) is 18.2 Å². The molecular weight excluding hydrogens is 491 g/mol. The van der Waals surface area contributed by atoms with E-state index in [0.29, 0.717) is 33.5 Å². The second-order valence-electron chi connectivity index (χ2n) is 6.56. The maximum Gasteiger partial charge on any atom is 0.205 e. The number of rotatable bonds is 6. The lowest BCUT2D eigenvalue weighted by molar-refractivity contribution is -0.00947. The van der Waals surface area contributed by atoms with Crippen LogP contribution in [-0.4, -0.2) is 14.7 Å². The minimum atomic E-state index is -3.48. The molecule has 28 heavy (non-hydrogen) atoms. The highest BCUT2D eigenvalue weighted by Gasteiger charge is 2.39. The van der Waals surface area contributed by atoms with Crippen molar-refractivity contribution in [1.29, 1.82) is 5.26 Å². The Morgan fingerprint density at radius 3 is 2.57 bits per heavy atom. The summed E-state index contributed by atoms with van der Waals surface area (Å²) in [5, 5.41) is 9.70. The van der Waals surface area contributed by atoms with Crippen LogP contribution in [0.2, 0.25) is 5.02 Å². The highest BCUT2D eigenvalue weighted by Crippen LogP contribution is 2.45. The number of benzene rings is 2. The Kier molecular flexibility index (Phi) is 6.15. The number of nitrogens with zero attached hydrogens (tertiary/aromatic N) is 1. The summed E-state index contributed by atoms with van der Waals surface area (Å²) >= 11 is 10.3. The normalized spacial score (nSPS) is 15.4. The van der Waals surface area contributed by atoms with Gasteiger partial charge in [0.15, 0.2) is 9.84 Å². The van der Waals surface area contributed by atoms with Gasteiger partial charge in [-0.15, -0.1) is 0 Å². The van der Waals surface area contributed by atoms with Crippen molar-refractivity contribution in [3.63, 3.8) is 0 Å². The molecule has 0 aromatic heterocycles. The van der Waals surface area contributed by atoms with Crippen molar-refractivity contribution < 1.29 is 17.9 Å². The summed E-state index contributed by atoms with van der Waals surface area (Å²) in [6.45, 7) is 0. The van der Waals surface area contributed by atoms with Gasteiger partial charge in [0.25, 0.3) is 0 Å². The molecule has 0 spiro atoms. The van der Waals surface area contributed by atoms with E-state index in [0.717, 1.165) is 24.6 Å². The largest absolute Gasteiger partial charge is 0.325 e. The Bertz CT molecular complexity index is 1070. The highest BCUT2D eigenvalue weighted by atomic mass is 79.9. The third kappa shape index (κ3) is 4.25. The molecule has 148 valence electrons. The van der Waals surface area contributed by atoms with Crippen LogP contribution in [0.4, 0.5) is 10.2 Å². The van der Waals surface area contributed by atoms with Gasteiger partial charge in [-0.05, 0) is 67.1 Å². The van der Waals surface area contributed by atoms with Crippen LogP contribution < -0.4 is 9.66 Å². The summed E-state index contributed by atoms with van der Waals surface area (Å²) < 4.78 is 40.7. The van der Waals surface area contributed by atoms with Gasteiger partial charge in [0.05, 0.1) is 26.3 Å². The van der Waals surface area contributed by atoms with Crippen molar-refractivity contribution in [3.05, 3.63) is 45.4 Å². The summed E-state index contributed by atoms with van der Waals surface area (Å²) in [5.74, 6) is -0.144. The summed E-state index contributed by atoms with van der Waals surface area (Å²) in [5.41, 5.74) is 0.459. The van der Waals surface area contributed by atoms with Crippen molar-refractivity contribution in [3.8, 4) is 11.8 Å². The van der Waals surface area contributed by atoms with Gasteiger partial charge in [-0.3, -0.25) is 4.94 Å². The maximum atomic E-state index is 12.9. The molecule has 5 nitrogen and oxygen atoms in total. The Balaban J connectivity index is 1.98. The van der Waals surface area contributed by atoms with E-state index in [4.69, 9.17) is 11.6 Å². The maximum absolute atomic E-state index is 12.9. The molecule has 1 aliphatic rings. The minimum absolute atomic E-state index is 0.0876. The summed E-state index contributed by atoms with van der Waals surface area (Å²) in [4.78, 5) is 4.35. The van der Waals surface area contributed by atoms with Gasteiger partial charge in [0.2, 0.25) is 5.75 Å². The predicted octanol–water partition coefficient (Wildman–Crippen LogP) is 5.83. The number of halogens is 3. The van der Waals surface area contributed by atoms with Crippen LogP contribution in [0.15, 0.2) is 44.6 Å². The molecule has 1 aliphatic carbocycles. The quantitative estimate of drug-likeness (QED) is 0.497. The third-order valence-electron chi connectivity index (χ3n) is 4.64. The Hall–Kier alpha value is -1.47. The van der Waals surface area contributed by atoms with Crippen LogP contribution in [-0.2, 0) is 15.3 Å². The van der Waals surface area contributed by atoms with Crippen LogP contribution in [0.1, 0.15) is 24.8 Å². The molecule has 0 bridgehead atoms. The molecule has 10 heteroatoms. The van der Waals surface area contributed by atoms with Crippen LogP contribution >= 0.6 is 39.5 Å². The van der Waals surface area contributed by atoms with E-state index in [-0.39, 0.29) is 15.7 Å². The van der Waals surface area contributed by atoms with E-state index in [9.17, 15) is 18.2 Å². The van der Waals surface area contributed by atoms with E-state index in [1.807, 2.05) is 0 Å². The van der Waals surface area contributed by atoms with Crippen molar-refractivity contribution in [1.82, 2.24) is 0 Å². The molecule has 0 atom stereocenters. The Labute approximate surface area is 180 Å². The first-order chi connectivity index (χ1) is 13.2. The van der Waals surface area contributed by atoms with Crippen molar-refractivity contribution in [2.75, 3.05) is 11.0 Å². The average molecular weight is 506 g/mol. The number of nitriles is 1. The first kappa shape index (κ1) is 21.2. The number of hydrogen-bond acceptors (Lipinski definition) is 6. The van der Waals surface area contributed by atoms with E-state index in [2.05, 4.69) is 31.7 Å². The fourth-order valence-electron chi connectivity index (χ4n) is 2.95. The number of nitrogens with one attached hydrogen (secondary N) is 1. The van der Waals surface area contributed by atoms with Crippen LogP contribution in [0.5, 0.6) is 5.75 Å². The first-order valence-electron chi connectivity index (χ1n) is 8.16. The monoisotopic (exact) mass is 504 g/mol. The molecule has 0 heterocycles. The van der Waals surface area contributed by atoms with Crippen LogP contribution in [0.3, 0.4) is 0 Å². The minimum Gasteiger partial charge on any atom is -0.325 e. The molecular formula is C18H15BrClFN2O3S2. The SMILES string of the molecule is CS(=O)(=O)c1cc(NSc2cc(Br)cc(Cl)c2OF)cc(C2(C#N)CCC2)c1. The fourth-order valence-corrected chi connectivity index (χ4v) is 5.44. The van der Waals surface area contributed by atoms with E-state index < -0.39 is 15.3 Å². The Morgan fingerprint density at radius 1 is 1.32 bits per heavy atom. The molecule has 0 unspecified atom stereocenters. The van der Waals surface area contributed by atoms with Crippen LogP contribution in [0, 0.1) is 11.3 Å². The molecule has 2 aromatic rings. The number of sulfone groups is 1. The van der Waals surface area contributed by atoms with Gasteiger partial charge in [-0.2, -0.15) is 5.26 Å². The molecule has 1 saturated carbocycles. The van der Waals surface area contributed by atoms with Crippen molar-refractivity contribution in [2.24, 2.45) is 0 Å². The topological polar surface area (TPSA) is 79.2 Å². The smallest absolute Gasteiger partial charge is 0.205 e. The zero-order valence-corrected chi connectivity index (χ0v) is 18.6. The summed E-state index contributed by atoms with van der Waals surface area (Å²) in [7, 11) is -3.48. The van der Waals surface area contributed by atoms with Gasteiger partial charge in [0.1, 0.15) is 0 Å². The molecule has 0 aliphatic heterocycles. The van der Waals surface area contributed by atoms with Gasteiger partial charge in [0, 0.05) is 20.9 Å². The summed E-state index contributed by atoms with van der Waals surface area (Å²) in [6.07, 6.45) is 3.41. The average Bonchev–Trinajstić information content (AvgIpc) is 2.58. The van der Waals surface area contributed by atoms with Crippen molar-refractivity contribution in [2.45, 2.75) is 34.5 Å². The fraction of sp³-hybridized carbons (Fsp3) is 0.278. The highest BCUT2D eigenvalue weighted by molar-refractivity contribution is 9.10. The lowest BCUT2D eigenvalue weighted by Crippen LogP contribution is -2.32. The van der Waals surface area contributed by atoms with Gasteiger partial charge in [-0.1, -0.05) is 27.5 Å². The van der Waals surface area contributed by atoms with Crippen LogP contribution in [0.25, 0.3) is 0 Å². The van der Waals surface area contributed by atoms with Crippen molar-refractivity contribution >= 4 is 55.0 Å². The van der Waals surface area contributed by atoms with Gasteiger partial charge < -0.3 is 4.72 Å². The third-order valence-corrected chi connectivity index (χ3v) is 7.33. The first-order valence-corrected chi connectivity index (χ1v) is 12.0. The zero-order chi connectivity index (χ0) is 20.5. The molecule has 0 amide bonds. The number of hydrogen-bond donors (Lipinski definition) is 1. The molecule has 0 radical (unpaired) electrons. The lowest BCUT2D eigenvalue weighted by Gasteiger charge is -2.36. The zero-order valence-electron chi connectivity index (χ0n) is 14.6. The Morgan fingerprint density at radius 2 is 2.04 bits per heavy atom. The molecule has 2 aromatic carbocycles. The predicted molar refractivity (Wildman–Crippen MR) is 111 cm³/mol. The number of anilines is 1. The molecule has 3 rings (SSSR count).